The van der Waals surface area contributed by atoms with E-state index >= 15 is 0 Å². The van der Waals surface area contributed by atoms with Gasteiger partial charge in [0.2, 0.25) is 0 Å². The Hall–Kier alpha value is -1.47. The van der Waals surface area contributed by atoms with Gasteiger partial charge in [0.25, 0.3) is 5.69 Å². The molecule has 0 saturated carbocycles. The number of halogens is 3. The molecule has 0 atom stereocenters. The quantitative estimate of drug-likeness (QED) is 0.585. The zero-order valence-corrected chi connectivity index (χ0v) is 13.2. The van der Waals surface area contributed by atoms with E-state index in [1.165, 1.54) is 18.2 Å². The second-order valence-electron chi connectivity index (χ2n) is 4.01. The Morgan fingerprint density at radius 2 is 1.95 bits per heavy atom. The van der Waals surface area contributed by atoms with Gasteiger partial charge in [0.05, 0.1) is 4.92 Å². The molecule has 2 rings (SSSR count). The van der Waals surface area contributed by atoms with Crippen molar-refractivity contribution < 1.29 is 9.31 Å². The standard InChI is InChI=1S/C13H9Br2FN2O2/c14-9-1-4-12(13(6-9)18(19)20)17-7-8-5-10(16)2-3-11(8)15/h1-6,17H,7H2. The van der Waals surface area contributed by atoms with Crippen LogP contribution in [0.15, 0.2) is 45.3 Å². The topological polar surface area (TPSA) is 55.2 Å². The van der Waals surface area contributed by atoms with Gasteiger partial charge in [-0.3, -0.25) is 10.1 Å². The Labute approximate surface area is 131 Å². The second kappa shape index (κ2) is 6.32. The van der Waals surface area contributed by atoms with Crippen LogP contribution in [0.25, 0.3) is 0 Å². The summed E-state index contributed by atoms with van der Waals surface area (Å²) in [5.74, 6) is -0.352. The van der Waals surface area contributed by atoms with Crippen LogP contribution < -0.4 is 5.32 Å². The fraction of sp³-hybridized carbons (Fsp3) is 0.0769. The van der Waals surface area contributed by atoms with Crippen molar-refractivity contribution in [3.05, 3.63) is 66.8 Å². The SMILES string of the molecule is O=[N+]([O-])c1cc(Br)ccc1NCc1cc(F)ccc1Br. The normalized spacial score (nSPS) is 10.3. The Kier molecular flexibility index (Phi) is 4.72. The summed E-state index contributed by atoms with van der Waals surface area (Å²) in [5.41, 5.74) is 1.03. The van der Waals surface area contributed by atoms with Gasteiger partial charge in [-0.05, 0) is 35.9 Å². The molecule has 0 unspecified atom stereocenters. The summed E-state index contributed by atoms with van der Waals surface area (Å²) in [6, 6.07) is 9.05. The van der Waals surface area contributed by atoms with Gasteiger partial charge in [-0.25, -0.2) is 4.39 Å². The lowest BCUT2D eigenvalue weighted by Crippen LogP contribution is -2.03. The fourth-order valence-corrected chi connectivity index (χ4v) is 2.41. The van der Waals surface area contributed by atoms with Gasteiger partial charge in [0.1, 0.15) is 11.5 Å². The van der Waals surface area contributed by atoms with Gasteiger partial charge in [0, 0.05) is 21.6 Å². The molecular formula is C13H9Br2FN2O2. The van der Waals surface area contributed by atoms with Gasteiger partial charge in [-0.1, -0.05) is 31.9 Å². The monoisotopic (exact) mass is 402 g/mol. The summed E-state index contributed by atoms with van der Waals surface area (Å²) < 4.78 is 14.5. The van der Waals surface area contributed by atoms with E-state index < -0.39 is 4.92 Å². The van der Waals surface area contributed by atoms with E-state index in [4.69, 9.17) is 0 Å². The van der Waals surface area contributed by atoms with Crippen molar-refractivity contribution in [2.45, 2.75) is 6.54 Å². The smallest absolute Gasteiger partial charge is 0.293 e. The maximum absolute atomic E-state index is 13.2. The summed E-state index contributed by atoms with van der Waals surface area (Å²) in [6.07, 6.45) is 0. The lowest BCUT2D eigenvalue weighted by atomic mass is 10.2. The highest BCUT2D eigenvalue weighted by atomic mass is 79.9. The van der Waals surface area contributed by atoms with Gasteiger partial charge < -0.3 is 5.32 Å². The molecule has 0 bridgehead atoms. The van der Waals surface area contributed by atoms with Crippen LogP contribution in [0.3, 0.4) is 0 Å². The molecule has 0 aliphatic rings. The lowest BCUT2D eigenvalue weighted by Gasteiger charge is -2.09. The number of benzene rings is 2. The summed E-state index contributed by atoms with van der Waals surface area (Å²) in [4.78, 5) is 10.5. The van der Waals surface area contributed by atoms with Crippen molar-refractivity contribution in [1.82, 2.24) is 0 Å². The molecule has 2 aromatic carbocycles. The first kappa shape index (κ1) is 14.9. The molecule has 0 heterocycles. The molecule has 0 amide bonds. The maximum atomic E-state index is 13.2. The largest absolute Gasteiger partial charge is 0.375 e. The third-order valence-electron chi connectivity index (χ3n) is 2.63. The fourth-order valence-electron chi connectivity index (χ4n) is 1.67. The number of hydrogen-bond acceptors (Lipinski definition) is 3. The van der Waals surface area contributed by atoms with E-state index in [0.717, 1.165) is 4.47 Å². The van der Waals surface area contributed by atoms with E-state index in [-0.39, 0.29) is 18.0 Å². The van der Waals surface area contributed by atoms with Crippen LogP contribution in [0.4, 0.5) is 15.8 Å². The predicted molar refractivity (Wildman–Crippen MR) is 82.2 cm³/mol. The third kappa shape index (κ3) is 3.55. The minimum absolute atomic E-state index is 0.0353. The molecule has 0 spiro atoms. The van der Waals surface area contributed by atoms with Crippen LogP contribution in [-0.2, 0) is 6.54 Å². The molecule has 4 nitrogen and oxygen atoms in total. The zero-order chi connectivity index (χ0) is 14.7. The van der Waals surface area contributed by atoms with Gasteiger partial charge in [0.15, 0.2) is 0 Å². The minimum Gasteiger partial charge on any atom is -0.375 e. The molecule has 0 aliphatic heterocycles. The number of nitrogens with one attached hydrogen (secondary N) is 1. The Balaban J connectivity index is 2.23. The molecule has 7 heteroatoms. The van der Waals surface area contributed by atoms with Crippen LogP contribution in [0, 0.1) is 15.9 Å². The molecule has 0 aromatic heterocycles. The summed E-state index contributed by atoms with van der Waals surface area (Å²) >= 11 is 6.51. The predicted octanol–water partition coefficient (Wildman–Crippen LogP) is 4.87. The van der Waals surface area contributed by atoms with Crippen LogP contribution >= 0.6 is 31.9 Å². The van der Waals surface area contributed by atoms with Crippen LogP contribution in [-0.4, -0.2) is 4.92 Å². The molecule has 20 heavy (non-hydrogen) atoms. The minimum atomic E-state index is -0.465. The molecule has 2 aromatic rings. The first-order valence-corrected chi connectivity index (χ1v) is 7.17. The van der Waals surface area contributed by atoms with Crippen LogP contribution in [0.2, 0.25) is 0 Å². The number of anilines is 1. The van der Waals surface area contributed by atoms with Crippen molar-refractivity contribution in [1.29, 1.82) is 0 Å². The number of rotatable bonds is 4. The van der Waals surface area contributed by atoms with E-state index in [2.05, 4.69) is 37.2 Å². The Bertz CT molecular complexity index is 665. The lowest BCUT2D eigenvalue weighted by molar-refractivity contribution is -0.384. The first-order valence-electron chi connectivity index (χ1n) is 5.59. The zero-order valence-electron chi connectivity index (χ0n) is 10.1. The van der Waals surface area contributed by atoms with E-state index in [1.807, 2.05) is 0 Å². The average molecular weight is 404 g/mol. The number of hydrogen-bond donors (Lipinski definition) is 1. The summed E-state index contributed by atoms with van der Waals surface area (Å²) in [7, 11) is 0. The molecule has 0 fully saturated rings. The Morgan fingerprint density at radius 1 is 1.20 bits per heavy atom. The molecule has 1 N–H and O–H groups in total. The van der Waals surface area contributed by atoms with Gasteiger partial charge in [-0.15, -0.1) is 0 Å². The van der Waals surface area contributed by atoms with E-state index in [1.54, 1.807) is 18.2 Å². The molecule has 0 aliphatic carbocycles. The molecule has 0 radical (unpaired) electrons. The number of nitro benzene ring substituents is 1. The molecule has 104 valence electrons. The van der Waals surface area contributed by atoms with Crippen molar-refractivity contribution >= 4 is 43.2 Å². The Morgan fingerprint density at radius 3 is 2.65 bits per heavy atom. The molecular weight excluding hydrogens is 395 g/mol. The average Bonchev–Trinajstić information content (AvgIpc) is 2.40. The number of nitrogens with zero attached hydrogens (tertiary/aromatic N) is 1. The first-order chi connectivity index (χ1) is 9.47. The van der Waals surface area contributed by atoms with Crippen molar-refractivity contribution in [3.63, 3.8) is 0 Å². The highest BCUT2D eigenvalue weighted by molar-refractivity contribution is 9.10. The summed E-state index contributed by atoms with van der Waals surface area (Å²) in [6.45, 7) is 0.279. The number of nitro groups is 1. The maximum Gasteiger partial charge on any atom is 0.293 e. The van der Waals surface area contributed by atoms with Crippen molar-refractivity contribution in [2.75, 3.05) is 5.32 Å². The van der Waals surface area contributed by atoms with Gasteiger partial charge >= 0.3 is 0 Å². The third-order valence-corrected chi connectivity index (χ3v) is 3.90. The second-order valence-corrected chi connectivity index (χ2v) is 5.78. The van der Waals surface area contributed by atoms with E-state index in [9.17, 15) is 14.5 Å². The highest BCUT2D eigenvalue weighted by Crippen LogP contribution is 2.29. The molecule has 0 saturated heterocycles. The van der Waals surface area contributed by atoms with Crippen LogP contribution in [0.1, 0.15) is 5.56 Å². The van der Waals surface area contributed by atoms with Crippen LogP contribution in [0.5, 0.6) is 0 Å². The summed E-state index contributed by atoms with van der Waals surface area (Å²) in [5, 5.41) is 13.9. The highest BCUT2D eigenvalue weighted by Gasteiger charge is 2.14. The van der Waals surface area contributed by atoms with Crippen molar-refractivity contribution in [3.8, 4) is 0 Å². The van der Waals surface area contributed by atoms with Crippen molar-refractivity contribution in [2.24, 2.45) is 0 Å². The van der Waals surface area contributed by atoms with E-state index in [0.29, 0.717) is 15.7 Å². The van der Waals surface area contributed by atoms with Gasteiger partial charge in [-0.2, -0.15) is 0 Å².